The van der Waals surface area contributed by atoms with Crippen LogP contribution in [0.3, 0.4) is 0 Å². The molecule has 1 aliphatic heterocycles. The van der Waals surface area contributed by atoms with Gasteiger partial charge in [-0.3, -0.25) is 0 Å². The molecule has 1 heterocycles. The minimum atomic E-state index is 0.414. The van der Waals surface area contributed by atoms with Crippen molar-refractivity contribution in [1.29, 1.82) is 0 Å². The van der Waals surface area contributed by atoms with Crippen LogP contribution in [-0.2, 0) is 4.74 Å². The SMILES string of the molecule is CC1OCCC1CNC/C=C/Cl. The number of rotatable bonds is 4. The molecule has 0 radical (unpaired) electrons. The van der Waals surface area contributed by atoms with Crippen LogP contribution in [0, 0.1) is 5.92 Å². The quantitative estimate of drug-likeness (QED) is 0.681. The molecule has 1 rings (SSSR count). The van der Waals surface area contributed by atoms with Gasteiger partial charge in [-0.1, -0.05) is 17.7 Å². The fourth-order valence-corrected chi connectivity index (χ4v) is 1.53. The Bertz CT molecular complexity index is 149. The molecule has 2 unspecified atom stereocenters. The average Bonchev–Trinajstić information content (AvgIpc) is 2.46. The molecule has 2 atom stereocenters. The third kappa shape index (κ3) is 3.13. The van der Waals surface area contributed by atoms with Crippen molar-refractivity contribution in [2.24, 2.45) is 5.92 Å². The van der Waals surface area contributed by atoms with Crippen LogP contribution in [0.15, 0.2) is 11.6 Å². The van der Waals surface area contributed by atoms with Gasteiger partial charge in [-0.25, -0.2) is 0 Å². The minimum absolute atomic E-state index is 0.414. The van der Waals surface area contributed by atoms with Crippen molar-refractivity contribution in [2.45, 2.75) is 19.4 Å². The van der Waals surface area contributed by atoms with E-state index in [2.05, 4.69) is 12.2 Å². The second-order valence-electron chi connectivity index (χ2n) is 3.14. The summed E-state index contributed by atoms with van der Waals surface area (Å²) in [5.74, 6) is 0.675. The molecule has 0 aliphatic carbocycles. The van der Waals surface area contributed by atoms with Crippen LogP contribution in [0.1, 0.15) is 13.3 Å². The largest absolute Gasteiger partial charge is 0.378 e. The van der Waals surface area contributed by atoms with E-state index in [1.807, 2.05) is 6.08 Å². The summed E-state index contributed by atoms with van der Waals surface area (Å²) in [7, 11) is 0. The predicted molar refractivity (Wildman–Crippen MR) is 51.4 cm³/mol. The second-order valence-corrected chi connectivity index (χ2v) is 3.40. The maximum atomic E-state index is 5.44. The number of halogens is 1. The van der Waals surface area contributed by atoms with Gasteiger partial charge in [-0.15, -0.1) is 0 Å². The van der Waals surface area contributed by atoms with Crippen molar-refractivity contribution >= 4 is 11.6 Å². The first-order chi connectivity index (χ1) is 5.84. The molecular formula is C9H16ClNO. The summed E-state index contributed by atoms with van der Waals surface area (Å²) in [5, 5.41) is 3.31. The lowest BCUT2D eigenvalue weighted by Gasteiger charge is -2.13. The van der Waals surface area contributed by atoms with Gasteiger partial charge in [0, 0.05) is 25.2 Å². The Labute approximate surface area is 78.9 Å². The Morgan fingerprint density at radius 3 is 3.08 bits per heavy atom. The van der Waals surface area contributed by atoms with Gasteiger partial charge in [0.1, 0.15) is 0 Å². The first kappa shape index (κ1) is 10.0. The van der Waals surface area contributed by atoms with Crippen molar-refractivity contribution in [3.63, 3.8) is 0 Å². The molecule has 0 bridgehead atoms. The van der Waals surface area contributed by atoms with Crippen molar-refractivity contribution in [1.82, 2.24) is 5.32 Å². The van der Waals surface area contributed by atoms with Crippen LogP contribution in [-0.4, -0.2) is 25.8 Å². The van der Waals surface area contributed by atoms with Crippen molar-refractivity contribution in [3.05, 3.63) is 11.6 Å². The van der Waals surface area contributed by atoms with Gasteiger partial charge in [0.05, 0.1) is 6.10 Å². The molecule has 12 heavy (non-hydrogen) atoms. The Hall–Kier alpha value is -0.0500. The number of hydrogen-bond donors (Lipinski definition) is 1. The number of ether oxygens (including phenoxy) is 1. The molecule has 1 N–H and O–H groups in total. The Morgan fingerprint density at radius 2 is 2.50 bits per heavy atom. The smallest absolute Gasteiger partial charge is 0.0588 e. The molecule has 1 saturated heterocycles. The highest BCUT2D eigenvalue weighted by Crippen LogP contribution is 2.18. The van der Waals surface area contributed by atoms with Gasteiger partial charge < -0.3 is 10.1 Å². The van der Waals surface area contributed by atoms with Gasteiger partial charge in [0.2, 0.25) is 0 Å². The van der Waals surface area contributed by atoms with E-state index in [4.69, 9.17) is 16.3 Å². The molecule has 1 aliphatic rings. The second kappa shape index (κ2) is 5.57. The number of hydrogen-bond acceptors (Lipinski definition) is 2. The van der Waals surface area contributed by atoms with Gasteiger partial charge in [-0.2, -0.15) is 0 Å². The molecule has 0 spiro atoms. The monoisotopic (exact) mass is 189 g/mol. The van der Waals surface area contributed by atoms with E-state index < -0.39 is 0 Å². The topological polar surface area (TPSA) is 21.3 Å². The third-order valence-electron chi connectivity index (χ3n) is 2.29. The van der Waals surface area contributed by atoms with Crippen molar-refractivity contribution in [2.75, 3.05) is 19.7 Å². The lowest BCUT2D eigenvalue weighted by molar-refractivity contribution is 0.106. The first-order valence-electron chi connectivity index (χ1n) is 4.42. The summed E-state index contributed by atoms with van der Waals surface area (Å²) in [4.78, 5) is 0. The van der Waals surface area contributed by atoms with Gasteiger partial charge >= 0.3 is 0 Å². The molecule has 0 aromatic carbocycles. The first-order valence-corrected chi connectivity index (χ1v) is 4.85. The van der Waals surface area contributed by atoms with Crippen LogP contribution >= 0.6 is 11.6 Å². The van der Waals surface area contributed by atoms with Crippen LogP contribution in [0.2, 0.25) is 0 Å². The van der Waals surface area contributed by atoms with Crippen LogP contribution in [0.5, 0.6) is 0 Å². The lowest BCUT2D eigenvalue weighted by Crippen LogP contribution is -2.26. The highest BCUT2D eigenvalue weighted by molar-refractivity contribution is 6.25. The lowest BCUT2D eigenvalue weighted by atomic mass is 10.0. The highest BCUT2D eigenvalue weighted by Gasteiger charge is 2.22. The predicted octanol–water partition coefficient (Wildman–Crippen LogP) is 1.75. The van der Waals surface area contributed by atoms with E-state index in [-0.39, 0.29) is 0 Å². The zero-order valence-electron chi connectivity index (χ0n) is 7.42. The Morgan fingerprint density at radius 1 is 1.67 bits per heavy atom. The van der Waals surface area contributed by atoms with E-state index in [0.717, 1.165) is 19.7 Å². The van der Waals surface area contributed by atoms with E-state index >= 15 is 0 Å². The maximum Gasteiger partial charge on any atom is 0.0588 e. The van der Waals surface area contributed by atoms with E-state index in [0.29, 0.717) is 12.0 Å². The number of nitrogens with one attached hydrogen (secondary N) is 1. The van der Waals surface area contributed by atoms with E-state index in [9.17, 15) is 0 Å². The van der Waals surface area contributed by atoms with Crippen LogP contribution in [0.4, 0.5) is 0 Å². The van der Waals surface area contributed by atoms with Crippen LogP contribution < -0.4 is 5.32 Å². The molecule has 0 saturated carbocycles. The summed E-state index contributed by atoms with van der Waals surface area (Å²) in [5.41, 5.74) is 1.54. The molecule has 0 aromatic rings. The standard InChI is InChI=1S/C9H16ClNO/c1-8-9(3-6-12-8)7-11-5-2-4-10/h2,4,8-9,11H,3,5-7H2,1H3/b4-2+. The fraction of sp³-hybridized carbons (Fsp3) is 0.778. The van der Waals surface area contributed by atoms with E-state index in [1.165, 1.54) is 6.42 Å². The zero-order chi connectivity index (χ0) is 8.81. The molecular weight excluding hydrogens is 174 g/mol. The van der Waals surface area contributed by atoms with Gasteiger partial charge in [0.25, 0.3) is 0 Å². The summed E-state index contributed by atoms with van der Waals surface area (Å²) in [6, 6.07) is 0. The third-order valence-corrected chi connectivity index (χ3v) is 2.47. The normalized spacial score (nSPS) is 30.2. The average molecular weight is 190 g/mol. The Balaban J connectivity index is 2.06. The van der Waals surface area contributed by atoms with Gasteiger partial charge in [0.15, 0.2) is 0 Å². The molecule has 0 amide bonds. The maximum absolute atomic E-state index is 5.44. The molecule has 1 fully saturated rings. The molecule has 0 aromatic heterocycles. The summed E-state index contributed by atoms with van der Waals surface area (Å²) in [6.45, 7) is 4.94. The van der Waals surface area contributed by atoms with E-state index in [1.54, 1.807) is 5.54 Å². The molecule has 70 valence electrons. The fourth-order valence-electron chi connectivity index (χ4n) is 1.44. The summed E-state index contributed by atoms with van der Waals surface area (Å²) < 4.78 is 5.44. The minimum Gasteiger partial charge on any atom is -0.378 e. The van der Waals surface area contributed by atoms with Crippen LogP contribution in [0.25, 0.3) is 0 Å². The van der Waals surface area contributed by atoms with Gasteiger partial charge in [-0.05, 0) is 19.3 Å². The summed E-state index contributed by atoms with van der Waals surface area (Å²) in [6.07, 6.45) is 3.50. The molecule has 2 nitrogen and oxygen atoms in total. The highest BCUT2D eigenvalue weighted by atomic mass is 35.5. The molecule has 3 heteroatoms. The zero-order valence-corrected chi connectivity index (χ0v) is 8.18. The Kier molecular flexibility index (Phi) is 4.66. The van der Waals surface area contributed by atoms with Crippen molar-refractivity contribution < 1.29 is 4.74 Å². The van der Waals surface area contributed by atoms with Crippen molar-refractivity contribution in [3.8, 4) is 0 Å². The summed E-state index contributed by atoms with van der Waals surface area (Å²) >= 11 is 5.38.